The van der Waals surface area contributed by atoms with Crippen molar-refractivity contribution in [3.05, 3.63) is 170 Å². The number of benzene rings is 7. The summed E-state index contributed by atoms with van der Waals surface area (Å²) in [5.41, 5.74) is 7.68. The minimum absolute atomic E-state index is 0.991. The summed E-state index contributed by atoms with van der Waals surface area (Å²) in [6, 6.07) is 51.5. The maximum atomic E-state index is 3.87. The molecule has 2 heterocycles. The highest BCUT2D eigenvalue weighted by Crippen LogP contribution is 2.31. The Hall–Kier alpha value is -5.86. The molecule has 7 aromatic carbocycles. The van der Waals surface area contributed by atoms with Gasteiger partial charge < -0.3 is 9.13 Å². The second-order valence-corrected chi connectivity index (χ2v) is 12.0. The molecule has 0 saturated carbocycles. The number of aryl methyl sites for hydroxylation is 2. The van der Waals surface area contributed by atoms with Crippen molar-refractivity contribution in [3.63, 3.8) is 0 Å². The summed E-state index contributed by atoms with van der Waals surface area (Å²) in [7, 11) is 0. The van der Waals surface area contributed by atoms with Gasteiger partial charge in [0.25, 0.3) is 0 Å². The van der Waals surface area contributed by atoms with Crippen LogP contribution in [0.4, 0.5) is 0 Å². The monoisotopic (exact) mass is 620 g/mol. The van der Waals surface area contributed by atoms with Crippen LogP contribution in [-0.2, 0) is 13.0 Å². The van der Waals surface area contributed by atoms with E-state index in [1.807, 2.05) is 12.3 Å². The Morgan fingerprint density at radius 1 is 0.479 bits per heavy atom. The average molecular weight is 621 g/mol. The third-order valence-corrected chi connectivity index (χ3v) is 9.39. The lowest BCUT2D eigenvalue weighted by atomic mass is 9.95. The van der Waals surface area contributed by atoms with Crippen LogP contribution in [0.15, 0.2) is 159 Å². The molecule has 0 saturated heterocycles. The van der Waals surface area contributed by atoms with Crippen LogP contribution in [0, 0.1) is 0 Å². The van der Waals surface area contributed by atoms with Gasteiger partial charge >= 0.3 is 0 Å². The molecule has 0 spiro atoms. The zero-order valence-electron chi connectivity index (χ0n) is 27.7. The first-order chi connectivity index (χ1) is 23.7. The zero-order valence-corrected chi connectivity index (χ0v) is 27.7. The van der Waals surface area contributed by atoms with Crippen LogP contribution >= 0.6 is 0 Å². The molecule has 0 atom stereocenters. The van der Waals surface area contributed by atoms with Gasteiger partial charge in [0.15, 0.2) is 0 Å². The molecule has 234 valence electrons. The third kappa shape index (κ3) is 5.46. The number of hydrogen-bond donors (Lipinski definition) is 0. The third-order valence-electron chi connectivity index (χ3n) is 9.39. The van der Waals surface area contributed by atoms with Gasteiger partial charge in [0.05, 0.1) is 11.0 Å². The van der Waals surface area contributed by atoms with Gasteiger partial charge in [-0.15, -0.1) is 0 Å². The summed E-state index contributed by atoms with van der Waals surface area (Å²) in [4.78, 5) is 0. The minimum atomic E-state index is 0.991. The lowest BCUT2D eigenvalue weighted by molar-refractivity contribution is 0.827. The quantitative estimate of drug-likeness (QED) is 0.173. The van der Waals surface area contributed by atoms with E-state index in [9.17, 15) is 0 Å². The van der Waals surface area contributed by atoms with E-state index >= 15 is 0 Å². The molecule has 48 heavy (non-hydrogen) atoms. The lowest BCUT2D eigenvalue weighted by Gasteiger charge is -2.09. The normalized spacial score (nSPS) is 11.0. The predicted octanol–water partition coefficient (Wildman–Crippen LogP) is 12.9. The van der Waals surface area contributed by atoms with Gasteiger partial charge in [0, 0.05) is 45.3 Å². The van der Waals surface area contributed by atoms with Gasteiger partial charge in [0.2, 0.25) is 0 Å². The van der Waals surface area contributed by atoms with Gasteiger partial charge in [-0.25, -0.2) is 0 Å². The van der Waals surface area contributed by atoms with Crippen molar-refractivity contribution >= 4 is 77.4 Å². The van der Waals surface area contributed by atoms with E-state index in [0.717, 1.165) is 13.0 Å². The second kappa shape index (κ2) is 13.5. The summed E-state index contributed by atoms with van der Waals surface area (Å²) >= 11 is 0. The summed E-state index contributed by atoms with van der Waals surface area (Å²) in [5, 5.41) is 10.7. The molecule has 0 aliphatic heterocycles. The molecule has 0 fully saturated rings. The smallest absolute Gasteiger partial charge is 0.0534 e. The van der Waals surface area contributed by atoms with E-state index in [1.165, 1.54) is 76.3 Å². The Balaban J connectivity index is 0.000000114. The molecule has 0 amide bonds. The van der Waals surface area contributed by atoms with Gasteiger partial charge in [-0.1, -0.05) is 141 Å². The van der Waals surface area contributed by atoms with Crippen molar-refractivity contribution in [2.75, 3.05) is 0 Å². The van der Waals surface area contributed by atoms with E-state index < -0.39 is 0 Å². The van der Waals surface area contributed by atoms with Crippen LogP contribution in [-0.4, -0.2) is 9.13 Å². The Kier molecular flexibility index (Phi) is 8.64. The lowest BCUT2D eigenvalue weighted by Crippen LogP contribution is -1.92. The van der Waals surface area contributed by atoms with E-state index in [4.69, 9.17) is 0 Å². The highest BCUT2D eigenvalue weighted by molar-refractivity contribution is 6.10. The molecule has 0 aliphatic rings. The fourth-order valence-electron chi connectivity index (χ4n) is 7.17. The molecular formula is C46H40N2. The summed E-state index contributed by atoms with van der Waals surface area (Å²) < 4.78 is 4.49. The molecule has 0 aliphatic carbocycles. The Morgan fingerprint density at radius 3 is 1.44 bits per heavy atom. The fourth-order valence-corrected chi connectivity index (χ4v) is 7.17. The van der Waals surface area contributed by atoms with Crippen molar-refractivity contribution in [1.82, 2.24) is 9.13 Å². The van der Waals surface area contributed by atoms with Gasteiger partial charge in [-0.2, -0.15) is 0 Å². The van der Waals surface area contributed by atoms with Gasteiger partial charge in [-0.05, 0) is 76.3 Å². The molecule has 0 bridgehead atoms. The summed E-state index contributed by atoms with van der Waals surface area (Å²) in [5.74, 6) is 0. The number of fused-ring (bicyclic) bond motifs is 8. The topological polar surface area (TPSA) is 9.86 Å². The van der Waals surface area contributed by atoms with E-state index in [-0.39, 0.29) is 0 Å². The predicted molar refractivity (Wildman–Crippen MR) is 212 cm³/mol. The number of nitrogens with zero attached hydrogens (tertiary/aromatic N) is 2. The average Bonchev–Trinajstić information content (AvgIpc) is 3.66. The molecule has 9 rings (SSSR count). The molecule has 2 nitrogen and oxygen atoms in total. The molecule has 0 unspecified atom stereocenters. The van der Waals surface area contributed by atoms with Crippen LogP contribution < -0.4 is 0 Å². The first-order valence-electron chi connectivity index (χ1n) is 16.8. The van der Waals surface area contributed by atoms with Crippen molar-refractivity contribution in [2.24, 2.45) is 0 Å². The zero-order chi connectivity index (χ0) is 33.0. The molecule has 9 aromatic rings. The van der Waals surface area contributed by atoms with E-state index in [2.05, 4.69) is 182 Å². The second-order valence-electron chi connectivity index (χ2n) is 12.0. The van der Waals surface area contributed by atoms with Gasteiger partial charge in [-0.3, -0.25) is 0 Å². The SMILES string of the molecule is C=Cc1ccc2c3ccccc3n(CC)c2c1.C=Cn1c2ccccc2c2ccccc21.CCc1c2ccccc2cc2ccccc12. The highest BCUT2D eigenvalue weighted by atomic mass is 15.0. The molecule has 2 heteroatoms. The molecule has 2 aromatic heterocycles. The number of aromatic nitrogens is 2. The van der Waals surface area contributed by atoms with Crippen molar-refractivity contribution < 1.29 is 0 Å². The standard InChI is InChI=1S/C16H15N.C16H14.C14H11N/c1-3-12-9-10-14-13-7-5-6-8-15(13)17(4-2)16(14)11-12;1-2-14-15-9-5-3-7-12(15)11-13-8-4-6-10-16(13)14;1-2-15-13-9-5-3-7-11(13)12-8-4-6-10-14(12)15/h3,5-11H,1,4H2,2H3;3-11H,2H2,1H3;2-10H,1H2. The fraction of sp³-hybridized carbons (Fsp3) is 0.0870. The van der Waals surface area contributed by atoms with Crippen LogP contribution in [0.1, 0.15) is 25.0 Å². The Bertz CT molecular complexity index is 2470. The maximum absolute atomic E-state index is 3.87. The van der Waals surface area contributed by atoms with Crippen molar-refractivity contribution in [2.45, 2.75) is 26.8 Å². The van der Waals surface area contributed by atoms with Crippen LogP contribution in [0.5, 0.6) is 0 Å². The van der Waals surface area contributed by atoms with Gasteiger partial charge in [0.1, 0.15) is 0 Å². The van der Waals surface area contributed by atoms with Crippen LogP contribution in [0.2, 0.25) is 0 Å². The van der Waals surface area contributed by atoms with Crippen LogP contribution in [0.25, 0.3) is 77.4 Å². The van der Waals surface area contributed by atoms with Crippen LogP contribution in [0.3, 0.4) is 0 Å². The Morgan fingerprint density at radius 2 is 0.938 bits per heavy atom. The minimum Gasteiger partial charge on any atom is -0.341 e. The highest BCUT2D eigenvalue weighted by Gasteiger charge is 2.09. The van der Waals surface area contributed by atoms with E-state index in [1.54, 1.807) is 0 Å². The maximum Gasteiger partial charge on any atom is 0.0534 e. The van der Waals surface area contributed by atoms with Crippen molar-refractivity contribution in [3.8, 4) is 0 Å². The Labute approximate surface area is 282 Å². The first kappa shape index (κ1) is 30.8. The van der Waals surface area contributed by atoms with Crippen molar-refractivity contribution in [1.29, 1.82) is 0 Å². The molecule has 0 N–H and O–H groups in total. The summed E-state index contributed by atoms with van der Waals surface area (Å²) in [6.07, 6.45) is 4.85. The van der Waals surface area contributed by atoms with E-state index in [0.29, 0.717) is 0 Å². The first-order valence-corrected chi connectivity index (χ1v) is 16.8. The number of rotatable bonds is 4. The molecule has 0 radical (unpaired) electrons. The largest absolute Gasteiger partial charge is 0.341 e. The molecular weight excluding hydrogens is 581 g/mol. The summed E-state index contributed by atoms with van der Waals surface area (Å²) in [6.45, 7) is 13.1. The number of para-hydroxylation sites is 3. The number of hydrogen-bond acceptors (Lipinski definition) is 0.